The lowest BCUT2D eigenvalue weighted by Gasteiger charge is -2.36. The lowest BCUT2D eigenvalue weighted by atomic mass is 10.1. The Hall–Kier alpha value is -3.61. The zero-order valence-electron chi connectivity index (χ0n) is 16.6. The average Bonchev–Trinajstić information content (AvgIpc) is 3.31. The molecule has 0 radical (unpaired) electrons. The van der Waals surface area contributed by atoms with Gasteiger partial charge < -0.3 is 19.5 Å². The van der Waals surface area contributed by atoms with Gasteiger partial charge in [-0.2, -0.15) is 0 Å². The third kappa shape index (κ3) is 4.20. The largest absolute Gasteiger partial charge is 0.459 e. The number of amides is 2. The molecule has 6 nitrogen and oxygen atoms in total. The van der Waals surface area contributed by atoms with Crippen molar-refractivity contribution in [3.8, 4) is 0 Å². The molecule has 0 spiro atoms. The topological polar surface area (TPSA) is 65.8 Å². The summed E-state index contributed by atoms with van der Waals surface area (Å²) in [6.45, 7) is 4.35. The smallest absolute Gasteiger partial charge is 0.291 e. The van der Waals surface area contributed by atoms with Crippen LogP contribution in [0.4, 0.5) is 15.8 Å². The van der Waals surface area contributed by atoms with Gasteiger partial charge in [-0.1, -0.05) is 6.07 Å². The first-order chi connectivity index (χ1) is 14.5. The van der Waals surface area contributed by atoms with Gasteiger partial charge in [-0.3, -0.25) is 9.59 Å². The first-order valence-corrected chi connectivity index (χ1v) is 9.76. The van der Waals surface area contributed by atoms with Crippen LogP contribution in [0.15, 0.2) is 65.3 Å². The summed E-state index contributed by atoms with van der Waals surface area (Å²) in [5.74, 6) is -0.493. The van der Waals surface area contributed by atoms with Gasteiger partial charge in [0.1, 0.15) is 5.82 Å². The van der Waals surface area contributed by atoms with Crippen molar-refractivity contribution in [3.05, 3.63) is 83.6 Å². The van der Waals surface area contributed by atoms with Crippen LogP contribution >= 0.6 is 0 Å². The van der Waals surface area contributed by atoms with Crippen LogP contribution in [0.1, 0.15) is 26.5 Å². The van der Waals surface area contributed by atoms with Crippen LogP contribution in [-0.4, -0.2) is 42.9 Å². The van der Waals surface area contributed by atoms with Gasteiger partial charge in [0.15, 0.2) is 5.76 Å². The molecule has 2 amide bonds. The second-order valence-electron chi connectivity index (χ2n) is 7.22. The number of carbonyl (C=O) groups is 2. The Labute approximate surface area is 173 Å². The minimum Gasteiger partial charge on any atom is -0.459 e. The highest BCUT2D eigenvalue weighted by atomic mass is 19.1. The maximum atomic E-state index is 13.1. The lowest BCUT2D eigenvalue weighted by Crippen LogP contribution is -2.48. The molecule has 0 bridgehead atoms. The fraction of sp³-hybridized carbons (Fsp3) is 0.217. The summed E-state index contributed by atoms with van der Waals surface area (Å²) in [7, 11) is 0. The quantitative estimate of drug-likeness (QED) is 0.712. The van der Waals surface area contributed by atoms with Crippen molar-refractivity contribution in [2.24, 2.45) is 0 Å². The number of halogens is 1. The number of hydrogen-bond acceptors (Lipinski definition) is 4. The number of carbonyl (C=O) groups excluding carboxylic acids is 2. The number of aryl methyl sites for hydroxylation is 1. The first-order valence-electron chi connectivity index (χ1n) is 9.76. The Bertz CT molecular complexity index is 1040. The number of anilines is 2. The van der Waals surface area contributed by atoms with Crippen molar-refractivity contribution in [2.45, 2.75) is 6.92 Å². The predicted octanol–water partition coefficient (Wildman–Crippen LogP) is 3.94. The van der Waals surface area contributed by atoms with Gasteiger partial charge in [0.05, 0.1) is 6.26 Å². The molecule has 7 heteroatoms. The zero-order valence-corrected chi connectivity index (χ0v) is 16.6. The molecular weight excluding hydrogens is 385 g/mol. The number of rotatable bonds is 4. The number of benzene rings is 2. The van der Waals surface area contributed by atoms with E-state index in [0.717, 1.165) is 11.3 Å². The van der Waals surface area contributed by atoms with Gasteiger partial charge >= 0.3 is 0 Å². The number of nitrogens with one attached hydrogen (secondary N) is 1. The monoisotopic (exact) mass is 407 g/mol. The molecule has 0 unspecified atom stereocenters. The summed E-state index contributed by atoms with van der Waals surface area (Å²) >= 11 is 0. The standard InChI is InChI=1S/C23H22FN3O3/c1-16-4-5-17(15-20(16)25-22(28)21-3-2-14-30-21)23(29)27-12-10-26(11-13-27)19-8-6-18(24)7-9-19/h2-9,14-15H,10-13H2,1H3,(H,25,28). The summed E-state index contributed by atoms with van der Waals surface area (Å²) in [5, 5.41) is 2.80. The van der Waals surface area contributed by atoms with E-state index in [0.29, 0.717) is 37.4 Å². The fourth-order valence-electron chi connectivity index (χ4n) is 3.48. The Morgan fingerprint density at radius 2 is 1.73 bits per heavy atom. The van der Waals surface area contributed by atoms with Crippen molar-refractivity contribution in [2.75, 3.05) is 36.4 Å². The molecule has 1 N–H and O–H groups in total. The van der Waals surface area contributed by atoms with Crippen LogP contribution in [0.3, 0.4) is 0 Å². The van der Waals surface area contributed by atoms with Crippen molar-refractivity contribution in [1.82, 2.24) is 4.90 Å². The molecule has 4 rings (SSSR count). The maximum absolute atomic E-state index is 13.1. The van der Waals surface area contributed by atoms with E-state index in [4.69, 9.17) is 4.42 Å². The lowest BCUT2D eigenvalue weighted by molar-refractivity contribution is 0.0746. The summed E-state index contributed by atoms with van der Waals surface area (Å²) in [6.07, 6.45) is 1.44. The van der Waals surface area contributed by atoms with E-state index < -0.39 is 0 Å². The maximum Gasteiger partial charge on any atom is 0.291 e. The van der Waals surface area contributed by atoms with Gasteiger partial charge in [0.2, 0.25) is 0 Å². The highest BCUT2D eigenvalue weighted by Gasteiger charge is 2.23. The van der Waals surface area contributed by atoms with Gasteiger partial charge in [0.25, 0.3) is 11.8 Å². The van der Waals surface area contributed by atoms with E-state index in [-0.39, 0.29) is 23.4 Å². The molecule has 154 valence electrons. The summed E-state index contributed by atoms with van der Waals surface area (Å²) < 4.78 is 18.2. The van der Waals surface area contributed by atoms with Crippen LogP contribution in [0.2, 0.25) is 0 Å². The Morgan fingerprint density at radius 3 is 2.40 bits per heavy atom. The molecule has 2 aromatic carbocycles. The Kier molecular flexibility index (Phi) is 5.52. The molecule has 30 heavy (non-hydrogen) atoms. The second kappa shape index (κ2) is 8.41. The molecule has 1 aliphatic rings. The molecule has 3 aromatic rings. The van der Waals surface area contributed by atoms with Crippen molar-refractivity contribution in [3.63, 3.8) is 0 Å². The fourth-order valence-corrected chi connectivity index (χ4v) is 3.48. The van der Waals surface area contributed by atoms with Crippen LogP contribution in [0.5, 0.6) is 0 Å². The molecule has 1 aromatic heterocycles. The zero-order chi connectivity index (χ0) is 21.1. The van der Waals surface area contributed by atoms with Gasteiger partial charge in [-0.15, -0.1) is 0 Å². The molecular formula is C23H22FN3O3. The Balaban J connectivity index is 1.42. The van der Waals surface area contributed by atoms with Crippen LogP contribution < -0.4 is 10.2 Å². The highest BCUT2D eigenvalue weighted by Crippen LogP contribution is 2.21. The summed E-state index contributed by atoms with van der Waals surface area (Å²) in [6, 6.07) is 14.9. The van der Waals surface area contributed by atoms with Gasteiger partial charge in [-0.05, 0) is 61.0 Å². The van der Waals surface area contributed by atoms with Crippen LogP contribution in [0, 0.1) is 12.7 Å². The second-order valence-corrected chi connectivity index (χ2v) is 7.22. The Morgan fingerprint density at radius 1 is 1.00 bits per heavy atom. The predicted molar refractivity (Wildman–Crippen MR) is 112 cm³/mol. The van der Waals surface area contributed by atoms with Crippen LogP contribution in [0.25, 0.3) is 0 Å². The molecule has 0 atom stereocenters. The van der Waals surface area contributed by atoms with E-state index in [9.17, 15) is 14.0 Å². The number of piperazine rings is 1. The van der Waals surface area contributed by atoms with Gasteiger partial charge in [-0.25, -0.2) is 4.39 Å². The molecule has 0 aliphatic carbocycles. The molecule has 1 fully saturated rings. The molecule has 1 saturated heterocycles. The van der Waals surface area contributed by atoms with Crippen LogP contribution in [-0.2, 0) is 0 Å². The van der Waals surface area contributed by atoms with E-state index in [1.165, 1.54) is 18.4 Å². The molecule has 2 heterocycles. The highest BCUT2D eigenvalue weighted by molar-refractivity contribution is 6.04. The van der Waals surface area contributed by atoms with Gasteiger partial charge in [0, 0.05) is 43.1 Å². The first kappa shape index (κ1) is 19.7. The van der Waals surface area contributed by atoms with Crippen molar-refractivity contribution < 1.29 is 18.4 Å². The molecule has 1 aliphatic heterocycles. The van der Waals surface area contributed by atoms with Crippen molar-refractivity contribution in [1.29, 1.82) is 0 Å². The van der Waals surface area contributed by atoms with E-state index in [2.05, 4.69) is 10.2 Å². The molecule has 0 saturated carbocycles. The average molecular weight is 407 g/mol. The minimum atomic E-state index is -0.361. The number of nitrogens with zero attached hydrogens (tertiary/aromatic N) is 2. The normalized spacial score (nSPS) is 13.9. The van der Waals surface area contributed by atoms with Crippen molar-refractivity contribution >= 4 is 23.2 Å². The third-order valence-corrected chi connectivity index (χ3v) is 5.24. The number of furan rings is 1. The van der Waals surface area contributed by atoms with E-state index in [1.54, 1.807) is 41.3 Å². The summed E-state index contributed by atoms with van der Waals surface area (Å²) in [4.78, 5) is 29.2. The van der Waals surface area contributed by atoms with E-state index in [1.807, 2.05) is 13.0 Å². The van der Waals surface area contributed by atoms with E-state index >= 15 is 0 Å². The third-order valence-electron chi connectivity index (χ3n) is 5.24. The number of hydrogen-bond donors (Lipinski definition) is 1. The summed E-state index contributed by atoms with van der Waals surface area (Å²) in [5.41, 5.74) is 2.90. The SMILES string of the molecule is Cc1ccc(C(=O)N2CCN(c3ccc(F)cc3)CC2)cc1NC(=O)c1ccco1. The minimum absolute atomic E-state index is 0.0812.